The Morgan fingerprint density at radius 3 is 2.08 bits per heavy atom. The molecule has 0 aromatic heterocycles. The van der Waals surface area contributed by atoms with Gasteiger partial charge in [-0.05, 0) is 62.4 Å². The van der Waals surface area contributed by atoms with Gasteiger partial charge in [-0.25, -0.2) is 13.1 Å². The largest absolute Gasteiger partial charge is 0.309 e. The Morgan fingerprint density at radius 2 is 1.50 bits per heavy atom. The van der Waals surface area contributed by atoms with Gasteiger partial charge in [-0.3, -0.25) is 0 Å². The summed E-state index contributed by atoms with van der Waals surface area (Å²) in [6.45, 7) is 11.4. The van der Waals surface area contributed by atoms with Crippen LogP contribution in [0, 0.1) is 20.8 Å². The lowest BCUT2D eigenvalue weighted by molar-refractivity contribution is 0.568. The van der Waals surface area contributed by atoms with Crippen molar-refractivity contribution >= 4 is 10.0 Å². The van der Waals surface area contributed by atoms with Crippen LogP contribution in [0.15, 0.2) is 36.4 Å². The molecule has 0 aliphatic carbocycles. The van der Waals surface area contributed by atoms with E-state index >= 15 is 0 Å². The predicted molar refractivity (Wildman–Crippen MR) is 109 cm³/mol. The second-order valence-corrected chi connectivity index (χ2v) is 9.04. The molecule has 0 spiro atoms. The normalized spacial score (nSPS) is 11.9. The van der Waals surface area contributed by atoms with Gasteiger partial charge >= 0.3 is 0 Å². The van der Waals surface area contributed by atoms with Crippen molar-refractivity contribution in [1.29, 1.82) is 0 Å². The van der Waals surface area contributed by atoms with Crippen molar-refractivity contribution in [3.05, 3.63) is 69.8 Å². The lowest BCUT2D eigenvalue weighted by atomic mass is 9.99. The summed E-state index contributed by atoms with van der Waals surface area (Å²) >= 11 is 0. The van der Waals surface area contributed by atoms with Crippen molar-refractivity contribution in [3.8, 4) is 0 Å². The first kappa shape index (κ1) is 20.6. The first-order valence-electron chi connectivity index (χ1n) is 9.02. The molecule has 5 heteroatoms. The Bertz CT molecular complexity index is 835. The SMILES string of the molecule is Cc1cc(C)c(CNCc2ccccc2CS(=O)(=O)NC(C)C)c(C)c1. The molecule has 0 saturated carbocycles. The number of nitrogens with one attached hydrogen (secondary N) is 2. The van der Waals surface area contributed by atoms with Crippen molar-refractivity contribution in [3.63, 3.8) is 0 Å². The third kappa shape index (κ3) is 5.94. The Hall–Kier alpha value is -1.69. The molecular formula is C21H30N2O2S. The van der Waals surface area contributed by atoms with Crippen LogP contribution in [0.5, 0.6) is 0 Å². The van der Waals surface area contributed by atoms with E-state index in [-0.39, 0.29) is 11.8 Å². The highest BCUT2D eigenvalue weighted by atomic mass is 32.2. The van der Waals surface area contributed by atoms with Gasteiger partial charge in [0.1, 0.15) is 0 Å². The molecule has 0 aliphatic heterocycles. The van der Waals surface area contributed by atoms with E-state index in [1.807, 2.05) is 38.1 Å². The Morgan fingerprint density at radius 1 is 0.923 bits per heavy atom. The highest BCUT2D eigenvalue weighted by Crippen LogP contribution is 2.17. The smallest absolute Gasteiger partial charge is 0.216 e. The average molecular weight is 375 g/mol. The lowest BCUT2D eigenvalue weighted by Crippen LogP contribution is -2.31. The first-order chi connectivity index (χ1) is 12.2. The van der Waals surface area contributed by atoms with E-state index in [4.69, 9.17) is 0 Å². The van der Waals surface area contributed by atoms with Gasteiger partial charge in [-0.15, -0.1) is 0 Å². The molecule has 4 nitrogen and oxygen atoms in total. The fraction of sp³-hybridized carbons (Fsp3) is 0.429. The highest BCUT2D eigenvalue weighted by molar-refractivity contribution is 7.88. The van der Waals surface area contributed by atoms with E-state index in [0.717, 1.165) is 17.7 Å². The zero-order valence-corrected chi connectivity index (χ0v) is 17.2. The van der Waals surface area contributed by atoms with Gasteiger partial charge in [0.2, 0.25) is 10.0 Å². The van der Waals surface area contributed by atoms with E-state index in [2.05, 4.69) is 42.9 Å². The maximum Gasteiger partial charge on any atom is 0.216 e. The molecule has 0 unspecified atom stereocenters. The summed E-state index contributed by atoms with van der Waals surface area (Å²) < 4.78 is 27.1. The van der Waals surface area contributed by atoms with E-state index in [1.165, 1.54) is 22.3 Å². The molecule has 0 atom stereocenters. The van der Waals surface area contributed by atoms with Crippen molar-refractivity contribution in [1.82, 2.24) is 10.0 Å². The molecule has 0 amide bonds. The molecule has 0 fully saturated rings. The number of benzene rings is 2. The summed E-state index contributed by atoms with van der Waals surface area (Å²) in [7, 11) is -3.33. The van der Waals surface area contributed by atoms with Crippen LogP contribution in [0.3, 0.4) is 0 Å². The van der Waals surface area contributed by atoms with E-state index in [9.17, 15) is 8.42 Å². The van der Waals surface area contributed by atoms with Crippen LogP contribution in [-0.2, 0) is 28.9 Å². The predicted octanol–water partition coefficient (Wildman–Crippen LogP) is 3.73. The quantitative estimate of drug-likeness (QED) is 0.740. The molecule has 142 valence electrons. The molecule has 2 aromatic carbocycles. The van der Waals surface area contributed by atoms with Gasteiger partial charge in [0.15, 0.2) is 0 Å². The van der Waals surface area contributed by atoms with Crippen LogP contribution >= 0.6 is 0 Å². The molecule has 0 aliphatic rings. The van der Waals surface area contributed by atoms with E-state index in [1.54, 1.807) is 0 Å². The van der Waals surface area contributed by atoms with Crippen molar-refractivity contribution < 1.29 is 8.42 Å². The summed E-state index contributed by atoms with van der Waals surface area (Å²) in [6, 6.07) is 12.0. The molecule has 2 aromatic rings. The number of rotatable bonds is 8. The Kier molecular flexibility index (Phi) is 6.98. The van der Waals surface area contributed by atoms with Gasteiger partial charge in [0.05, 0.1) is 5.75 Å². The molecule has 0 radical (unpaired) electrons. The van der Waals surface area contributed by atoms with Gasteiger partial charge in [0.25, 0.3) is 0 Å². The molecular weight excluding hydrogens is 344 g/mol. The van der Waals surface area contributed by atoms with Crippen LogP contribution in [0.4, 0.5) is 0 Å². The van der Waals surface area contributed by atoms with E-state index < -0.39 is 10.0 Å². The fourth-order valence-electron chi connectivity index (χ4n) is 3.29. The van der Waals surface area contributed by atoms with Gasteiger partial charge < -0.3 is 5.32 Å². The summed E-state index contributed by atoms with van der Waals surface area (Å²) in [6.07, 6.45) is 0. The third-order valence-electron chi connectivity index (χ3n) is 4.34. The van der Waals surface area contributed by atoms with E-state index in [0.29, 0.717) is 6.54 Å². The fourth-order valence-corrected chi connectivity index (χ4v) is 4.78. The van der Waals surface area contributed by atoms with Crippen LogP contribution in [0.2, 0.25) is 0 Å². The van der Waals surface area contributed by atoms with Crippen molar-refractivity contribution in [2.24, 2.45) is 0 Å². The van der Waals surface area contributed by atoms with Crippen molar-refractivity contribution in [2.75, 3.05) is 0 Å². The average Bonchev–Trinajstić information content (AvgIpc) is 2.49. The standard InChI is InChI=1S/C21H30N2O2S/c1-15(2)23-26(24,25)14-20-9-7-6-8-19(20)12-22-13-21-17(4)10-16(3)11-18(21)5/h6-11,15,22-23H,12-14H2,1-5H3. The number of hydrogen-bond donors (Lipinski definition) is 2. The summed E-state index contributed by atoms with van der Waals surface area (Å²) in [5.41, 5.74) is 7.01. The Balaban J connectivity index is 2.07. The third-order valence-corrected chi connectivity index (χ3v) is 5.86. The first-order valence-corrected chi connectivity index (χ1v) is 10.7. The molecule has 2 rings (SSSR count). The van der Waals surface area contributed by atoms with Crippen LogP contribution in [0.1, 0.15) is 47.2 Å². The summed E-state index contributed by atoms with van der Waals surface area (Å²) in [5.74, 6) is 0.00558. The minimum atomic E-state index is -3.33. The zero-order valence-electron chi connectivity index (χ0n) is 16.4. The Labute approximate surface area is 158 Å². The minimum absolute atomic E-state index is 0.00558. The lowest BCUT2D eigenvalue weighted by Gasteiger charge is -2.15. The van der Waals surface area contributed by atoms with Crippen LogP contribution in [-0.4, -0.2) is 14.5 Å². The topological polar surface area (TPSA) is 58.2 Å². The maximum absolute atomic E-state index is 12.2. The zero-order chi connectivity index (χ0) is 19.3. The summed E-state index contributed by atoms with van der Waals surface area (Å²) in [4.78, 5) is 0. The van der Waals surface area contributed by atoms with Gasteiger partial charge in [-0.1, -0.05) is 42.0 Å². The number of sulfonamides is 1. The maximum atomic E-state index is 12.2. The number of hydrogen-bond acceptors (Lipinski definition) is 3. The van der Waals surface area contributed by atoms with Gasteiger partial charge in [-0.2, -0.15) is 0 Å². The van der Waals surface area contributed by atoms with Crippen LogP contribution < -0.4 is 10.0 Å². The molecule has 0 saturated heterocycles. The molecule has 2 N–H and O–H groups in total. The molecule has 0 bridgehead atoms. The number of aryl methyl sites for hydroxylation is 3. The second kappa shape index (κ2) is 8.80. The molecule has 26 heavy (non-hydrogen) atoms. The minimum Gasteiger partial charge on any atom is -0.309 e. The van der Waals surface area contributed by atoms with Crippen LogP contribution in [0.25, 0.3) is 0 Å². The highest BCUT2D eigenvalue weighted by Gasteiger charge is 2.15. The monoisotopic (exact) mass is 374 g/mol. The second-order valence-electron chi connectivity index (χ2n) is 7.28. The van der Waals surface area contributed by atoms with Gasteiger partial charge in [0, 0.05) is 19.1 Å². The molecule has 0 heterocycles. The van der Waals surface area contributed by atoms with Crippen molar-refractivity contribution in [2.45, 2.75) is 59.5 Å². The summed E-state index contributed by atoms with van der Waals surface area (Å²) in [5, 5.41) is 3.47.